The first-order valence-corrected chi connectivity index (χ1v) is 9.95. The molecule has 2 aromatic carbocycles. The minimum absolute atomic E-state index is 0. The Morgan fingerprint density at radius 1 is 1.21 bits per heavy atom. The van der Waals surface area contributed by atoms with Crippen molar-refractivity contribution in [3.05, 3.63) is 48.0 Å². The van der Waals surface area contributed by atoms with Crippen molar-refractivity contribution in [1.29, 1.82) is 0 Å². The van der Waals surface area contributed by atoms with Gasteiger partial charge >= 0.3 is 0 Å². The topological polar surface area (TPSA) is 65.9 Å². The van der Waals surface area contributed by atoms with Crippen molar-refractivity contribution < 1.29 is 9.84 Å². The maximum Gasteiger partial charge on any atom is 0.191 e. The SMILES string of the molecule is CCNC(=NCC(O)COCC1CC1)NC(C)c1ccc2ccccc2c1.I. The van der Waals surface area contributed by atoms with E-state index >= 15 is 0 Å². The summed E-state index contributed by atoms with van der Waals surface area (Å²) in [5.41, 5.74) is 1.20. The summed E-state index contributed by atoms with van der Waals surface area (Å²) in [5, 5.41) is 19.2. The molecule has 2 atom stereocenters. The van der Waals surface area contributed by atoms with Gasteiger partial charge < -0.3 is 20.5 Å². The standard InChI is InChI=1S/C22H31N3O2.HI/c1-3-23-22(24-13-21(26)15-27-14-17-8-9-17)25-16(2)19-11-10-18-6-4-5-7-20(18)12-19;/h4-7,10-12,16-17,21,26H,3,8-9,13-15H2,1-2H3,(H2,23,24,25);1H. The van der Waals surface area contributed by atoms with Crippen molar-refractivity contribution in [2.75, 3.05) is 26.3 Å². The highest BCUT2D eigenvalue weighted by Gasteiger charge is 2.21. The maximum absolute atomic E-state index is 10.1. The van der Waals surface area contributed by atoms with Crippen LogP contribution in [-0.2, 0) is 4.74 Å². The number of rotatable bonds is 9. The zero-order valence-electron chi connectivity index (χ0n) is 16.7. The van der Waals surface area contributed by atoms with Crippen molar-refractivity contribution in [3.8, 4) is 0 Å². The maximum atomic E-state index is 10.1. The molecule has 0 radical (unpaired) electrons. The Morgan fingerprint density at radius 3 is 2.68 bits per heavy atom. The molecule has 6 heteroatoms. The minimum Gasteiger partial charge on any atom is -0.389 e. The molecule has 3 rings (SSSR count). The van der Waals surface area contributed by atoms with Crippen LogP contribution in [0.1, 0.15) is 38.3 Å². The van der Waals surface area contributed by atoms with Gasteiger partial charge in [0.25, 0.3) is 0 Å². The van der Waals surface area contributed by atoms with Crippen LogP contribution in [0.4, 0.5) is 0 Å². The molecule has 2 aromatic rings. The molecule has 154 valence electrons. The molecule has 1 fully saturated rings. The Morgan fingerprint density at radius 2 is 1.96 bits per heavy atom. The number of nitrogens with one attached hydrogen (secondary N) is 2. The van der Waals surface area contributed by atoms with Gasteiger partial charge in [-0.25, -0.2) is 0 Å². The number of hydrogen-bond acceptors (Lipinski definition) is 3. The third-order valence-electron chi connectivity index (χ3n) is 4.79. The number of halogens is 1. The van der Waals surface area contributed by atoms with Gasteiger partial charge in [0, 0.05) is 13.2 Å². The summed E-state index contributed by atoms with van der Waals surface area (Å²) in [6.07, 6.45) is 1.94. The van der Waals surface area contributed by atoms with Gasteiger partial charge in [-0.2, -0.15) is 0 Å². The van der Waals surface area contributed by atoms with Crippen molar-refractivity contribution in [1.82, 2.24) is 10.6 Å². The van der Waals surface area contributed by atoms with Gasteiger partial charge in [-0.1, -0.05) is 36.4 Å². The minimum atomic E-state index is -0.574. The van der Waals surface area contributed by atoms with Crippen LogP contribution in [-0.4, -0.2) is 43.5 Å². The van der Waals surface area contributed by atoms with Crippen LogP contribution in [0.2, 0.25) is 0 Å². The highest BCUT2D eigenvalue weighted by Crippen LogP contribution is 2.28. The molecular weight excluding hydrogens is 465 g/mol. The van der Waals surface area contributed by atoms with E-state index in [1.54, 1.807) is 0 Å². The monoisotopic (exact) mass is 497 g/mol. The molecule has 0 saturated heterocycles. The van der Waals surface area contributed by atoms with Crippen LogP contribution < -0.4 is 10.6 Å². The number of ether oxygens (including phenoxy) is 1. The van der Waals surface area contributed by atoms with Gasteiger partial charge in [0.15, 0.2) is 5.96 Å². The second-order valence-corrected chi connectivity index (χ2v) is 7.33. The lowest BCUT2D eigenvalue weighted by Gasteiger charge is -2.19. The molecule has 28 heavy (non-hydrogen) atoms. The Balaban J connectivity index is 0.00000280. The normalized spacial score (nSPS) is 16.3. The van der Waals surface area contributed by atoms with Crippen LogP contribution >= 0.6 is 24.0 Å². The van der Waals surface area contributed by atoms with E-state index in [9.17, 15) is 5.11 Å². The van der Waals surface area contributed by atoms with Crippen molar-refractivity contribution in [3.63, 3.8) is 0 Å². The number of guanidine groups is 1. The summed E-state index contributed by atoms with van der Waals surface area (Å²) in [6.45, 7) is 6.35. The summed E-state index contributed by atoms with van der Waals surface area (Å²) in [5.74, 6) is 1.42. The van der Waals surface area contributed by atoms with Crippen molar-refractivity contribution in [2.24, 2.45) is 10.9 Å². The Kier molecular flexibility index (Phi) is 9.47. The number of fused-ring (bicyclic) bond motifs is 1. The van der Waals surface area contributed by atoms with Gasteiger partial charge in [0.1, 0.15) is 0 Å². The fraction of sp³-hybridized carbons (Fsp3) is 0.500. The number of aliphatic hydroxyl groups is 1. The van der Waals surface area contributed by atoms with E-state index in [0.717, 1.165) is 13.2 Å². The first kappa shape index (κ1) is 22.9. The predicted octanol–water partition coefficient (Wildman–Crippen LogP) is 3.86. The molecule has 0 bridgehead atoms. The summed E-state index contributed by atoms with van der Waals surface area (Å²) in [6, 6.07) is 15.0. The average molecular weight is 497 g/mol. The lowest BCUT2D eigenvalue weighted by Crippen LogP contribution is -2.39. The summed E-state index contributed by atoms with van der Waals surface area (Å²) >= 11 is 0. The quantitative estimate of drug-likeness (QED) is 0.280. The number of benzene rings is 2. The third kappa shape index (κ3) is 7.22. The van der Waals surface area contributed by atoms with Crippen LogP contribution in [0.5, 0.6) is 0 Å². The summed E-state index contributed by atoms with van der Waals surface area (Å²) < 4.78 is 5.54. The van der Waals surface area contributed by atoms with Crippen molar-refractivity contribution >= 4 is 40.7 Å². The summed E-state index contributed by atoms with van der Waals surface area (Å²) in [7, 11) is 0. The number of nitrogens with zero attached hydrogens (tertiary/aromatic N) is 1. The van der Waals surface area contributed by atoms with E-state index in [-0.39, 0.29) is 30.0 Å². The fourth-order valence-electron chi connectivity index (χ4n) is 2.99. The second-order valence-electron chi connectivity index (χ2n) is 7.33. The van der Waals surface area contributed by atoms with Gasteiger partial charge in [0.2, 0.25) is 0 Å². The van der Waals surface area contributed by atoms with E-state index in [2.05, 4.69) is 65.0 Å². The molecule has 0 spiro atoms. The smallest absolute Gasteiger partial charge is 0.191 e. The first-order chi connectivity index (χ1) is 13.2. The number of aliphatic hydroxyl groups excluding tert-OH is 1. The fourth-order valence-corrected chi connectivity index (χ4v) is 2.99. The van der Waals surface area contributed by atoms with Gasteiger partial charge in [-0.15, -0.1) is 24.0 Å². The number of hydrogen-bond donors (Lipinski definition) is 3. The Bertz CT molecular complexity index is 764. The molecule has 0 aliphatic heterocycles. The molecule has 1 saturated carbocycles. The molecule has 5 nitrogen and oxygen atoms in total. The molecule has 0 amide bonds. The van der Waals surface area contributed by atoms with E-state index in [4.69, 9.17) is 4.74 Å². The highest BCUT2D eigenvalue weighted by atomic mass is 127. The molecular formula is C22H32IN3O2. The van der Waals surface area contributed by atoms with E-state index in [1.807, 2.05) is 6.92 Å². The van der Waals surface area contributed by atoms with Gasteiger partial charge in [-0.3, -0.25) is 4.99 Å². The largest absolute Gasteiger partial charge is 0.389 e. The number of aliphatic imine (C=N–C) groups is 1. The zero-order valence-corrected chi connectivity index (χ0v) is 19.1. The molecule has 3 N–H and O–H groups in total. The molecule has 1 aliphatic carbocycles. The molecule has 2 unspecified atom stereocenters. The van der Waals surface area contributed by atoms with Crippen LogP contribution in [0.25, 0.3) is 10.8 Å². The van der Waals surface area contributed by atoms with Crippen LogP contribution in [0.15, 0.2) is 47.5 Å². The molecule has 1 aliphatic rings. The van der Waals surface area contributed by atoms with E-state index in [1.165, 1.54) is 29.2 Å². The molecule has 0 heterocycles. The lowest BCUT2D eigenvalue weighted by molar-refractivity contribution is 0.0368. The predicted molar refractivity (Wildman–Crippen MR) is 126 cm³/mol. The Hall–Kier alpha value is -1.38. The first-order valence-electron chi connectivity index (χ1n) is 9.95. The summed E-state index contributed by atoms with van der Waals surface area (Å²) in [4.78, 5) is 4.52. The Labute approximate surface area is 185 Å². The van der Waals surface area contributed by atoms with Gasteiger partial charge in [0.05, 0.1) is 25.3 Å². The zero-order chi connectivity index (χ0) is 19.1. The van der Waals surface area contributed by atoms with Crippen LogP contribution in [0, 0.1) is 5.92 Å². The highest BCUT2D eigenvalue weighted by molar-refractivity contribution is 14.0. The van der Waals surface area contributed by atoms with E-state index < -0.39 is 6.10 Å². The van der Waals surface area contributed by atoms with Crippen molar-refractivity contribution in [2.45, 2.75) is 38.8 Å². The third-order valence-corrected chi connectivity index (χ3v) is 4.79. The lowest BCUT2D eigenvalue weighted by atomic mass is 10.0. The van der Waals surface area contributed by atoms with Gasteiger partial charge in [-0.05, 0) is 55.0 Å². The average Bonchev–Trinajstić information content (AvgIpc) is 3.50. The second kappa shape index (κ2) is 11.6. The van der Waals surface area contributed by atoms with E-state index in [0.29, 0.717) is 25.0 Å². The molecule has 0 aromatic heterocycles. The van der Waals surface area contributed by atoms with Crippen LogP contribution in [0.3, 0.4) is 0 Å².